The van der Waals surface area contributed by atoms with E-state index in [9.17, 15) is 0 Å². The van der Waals surface area contributed by atoms with E-state index < -0.39 is 0 Å². The van der Waals surface area contributed by atoms with Gasteiger partial charge in [-0.15, -0.1) is 10.2 Å². The summed E-state index contributed by atoms with van der Waals surface area (Å²) >= 11 is 1.48. The van der Waals surface area contributed by atoms with Crippen LogP contribution in [0.25, 0.3) is 0 Å². The molecule has 2 aromatic heterocycles. The number of hydrogen-bond donors (Lipinski definition) is 0. The zero-order chi connectivity index (χ0) is 15.4. The minimum Gasteiger partial charge on any atom is -0.453 e. The minimum absolute atomic E-state index is 0.362. The smallest absolute Gasteiger partial charge is 0.198 e. The Hall–Kier alpha value is -1.31. The maximum Gasteiger partial charge on any atom is 0.198 e. The highest BCUT2D eigenvalue weighted by atomic mass is 32.2. The molecule has 7 heteroatoms. The van der Waals surface area contributed by atoms with Gasteiger partial charge in [0.05, 0.1) is 12.6 Å². The van der Waals surface area contributed by atoms with Crippen molar-refractivity contribution < 1.29 is 9.15 Å². The van der Waals surface area contributed by atoms with E-state index in [1.54, 1.807) is 6.33 Å². The first-order valence-corrected chi connectivity index (χ1v) is 8.43. The zero-order valence-corrected chi connectivity index (χ0v) is 13.9. The van der Waals surface area contributed by atoms with Crippen LogP contribution < -0.4 is 0 Å². The molecule has 1 saturated heterocycles. The third-order valence-corrected chi connectivity index (χ3v) is 4.69. The minimum atomic E-state index is 0.362. The molecular weight excluding hydrogens is 300 g/mol. The maximum absolute atomic E-state index is 5.87. The summed E-state index contributed by atoms with van der Waals surface area (Å²) in [5.74, 6) is 0.961. The molecule has 0 saturated carbocycles. The number of rotatable bonds is 6. The van der Waals surface area contributed by atoms with Crippen LogP contribution in [0.1, 0.15) is 25.0 Å². The summed E-state index contributed by atoms with van der Waals surface area (Å²) in [4.78, 5) is 2.26. The van der Waals surface area contributed by atoms with Gasteiger partial charge in [0.1, 0.15) is 12.1 Å². The van der Waals surface area contributed by atoms with Gasteiger partial charge < -0.3 is 13.7 Å². The lowest BCUT2D eigenvalue weighted by atomic mass is 10.1. The Morgan fingerprint density at radius 2 is 2.32 bits per heavy atom. The average Bonchev–Trinajstić information content (AvgIpc) is 3.10. The van der Waals surface area contributed by atoms with Crippen LogP contribution in [0.4, 0.5) is 0 Å². The third kappa shape index (κ3) is 4.12. The number of nitrogens with zero attached hydrogens (tertiary/aromatic N) is 4. The normalized spacial score (nSPS) is 19.0. The number of furan rings is 1. The summed E-state index contributed by atoms with van der Waals surface area (Å²) in [6.45, 7) is 2.64. The Balaban J connectivity index is 1.51. The van der Waals surface area contributed by atoms with E-state index >= 15 is 0 Å². The fourth-order valence-corrected chi connectivity index (χ4v) is 3.33. The summed E-state index contributed by atoms with van der Waals surface area (Å²) in [6.07, 6.45) is 5.68. The van der Waals surface area contributed by atoms with Gasteiger partial charge in [-0.1, -0.05) is 0 Å². The Kier molecular flexibility index (Phi) is 5.17. The number of ether oxygens (including phenoxy) is 1. The van der Waals surface area contributed by atoms with Crippen molar-refractivity contribution in [3.63, 3.8) is 0 Å². The van der Waals surface area contributed by atoms with Crippen LogP contribution in [0.5, 0.6) is 0 Å². The second kappa shape index (κ2) is 7.30. The van der Waals surface area contributed by atoms with Crippen molar-refractivity contribution in [3.8, 4) is 0 Å². The lowest BCUT2D eigenvalue weighted by Crippen LogP contribution is -2.32. The van der Waals surface area contributed by atoms with E-state index in [1.165, 1.54) is 24.6 Å². The molecule has 2 aromatic rings. The maximum atomic E-state index is 5.87. The molecule has 1 aliphatic rings. The highest BCUT2D eigenvalue weighted by molar-refractivity contribution is 7.99. The summed E-state index contributed by atoms with van der Waals surface area (Å²) < 4.78 is 13.5. The first-order valence-electron chi connectivity index (χ1n) is 7.61. The molecule has 0 N–H and O–H groups in total. The predicted molar refractivity (Wildman–Crippen MR) is 83.8 cm³/mol. The lowest BCUT2D eigenvalue weighted by Gasteiger charge is -2.26. The monoisotopic (exact) mass is 322 g/mol. The predicted octanol–water partition coefficient (Wildman–Crippen LogP) is 2.56. The molecule has 3 rings (SSSR count). The van der Waals surface area contributed by atoms with Crippen molar-refractivity contribution >= 4 is 11.8 Å². The quantitative estimate of drug-likeness (QED) is 0.815. The van der Waals surface area contributed by atoms with Gasteiger partial charge in [0.2, 0.25) is 0 Å². The fraction of sp³-hybridized carbons (Fsp3) is 0.600. The molecule has 1 aliphatic heterocycles. The van der Waals surface area contributed by atoms with E-state index in [1.807, 2.05) is 23.7 Å². The molecule has 0 radical (unpaired) electrons. The van der Waals surface area contributed by atoms with E-state index in [0.29, 0.717) is 6.10 Å². The Morgan fingerprint density at radius 3 is 3.05 bits per heavy atom. The molecule has 0 unspecified atom stereocenters. The average molecular weight is 322 g/mol. The molecule has 120 valence electrons. The molecule has 1 atom stereocenters. The number of likely N-dealkylation sites (N-methyl/N-ethyl adjacent to an activating group) is 1. The first kappa shape index (κ1) is 15.6. The molecule has 0 amide bonds. The van der Waals surface area contributed by atoms with Gasteiger partial charge in [-0.3, -0.25) is 4.90 Å². The SMILES string of the molecule is CN(Cc1ccc(Sc2nncn2C)o1)C[C@H]1CCCCO1. The molecular formula is C15H22N4O2S. The topological polar surface area (TPSA) is 56.3 Å². The van der Waals surface area contributed by atoms with Gasteiger partial charge in [0, 0.05) is 20.2 Å². The highest BCUT2D eigenvalue weighted by Crippen LogP contribution is 2.27. The van der Waals surface area contributed by atoms with E-state index in [4.69, 9.17) is 9.15 Å². The molecule has 3 heterocycles. The number of hydrogen-bond acceptors (Lipinski definition) is 6. The van der Waals surface area contributed by atoms with Crippen LogP contribution in [-0.2, 0) is 18.3 Å². The fourth-order valence-electron chi connectivity index (χ4n) is 2.58. The first-order chi connectivity index (χ1) is 10.7. The third-order valence-electron chi connectivity index (χ3n) is 3.71. The van der Waals surface area contributed by atoms with Gasteiger partial charge >= 0.3 is 0 Å². The number of aromatic nitrogens is 3. The highest BCUT2D eigenvalue weighted by Gasteiger charge is 2.17. The lowest BCUT2D eigenvalue weighted by molar-refractivity contribution is -0.00350. The molecule has 6 nitrogen and oxygen atoms in total. The van der Waals surface area contributed by atoms with Gasteiger partial charge in [0.15, 0.2) is 10.2 Å². The van der Waals surface area contributed by atoms with Crippen LogP contribution >= 0.6 is 11.8 Å². The van der Waals surface area contributed by atoms with E-state index in [0.717, 1.165) is 42.1 Å². The van der Waals surface area contributed by atoms with Gasteiger partial charge in [-0.2, -0.15) is 0 Å². The standard InChI is InChI=1S/C15H22N4O2S/c1-18(9-12-5-3-4-8-20-12)10-13-6-7-14(21-13)22-15-17-16-11-19(15)2/h6-7,11-12H,3-5,8-10H2,1-2H3/t12-/m1/s1. The van der Waals surface area contributed by atoms with Crippen LogP contribution in [0.15, 0.2) is 33.1 Å². The van der Waals surface area contributed by atoms with Crippen molar-refractivity contribution in [3.05, 3.63) is 24.2 Å². The Bertz CT molecular complexity index is 592. The zero-order valence-electron chi connectivity index (χ0n) is 13.1. The van der Waals surface area contributed by atoms with Crippen LogP contribution in [0.3, 0.4) is 0 Å². The molecule has 0 bridgehead atoms. The second-order valence-electron chi connectivity index (χ2n) is 5.73. The summed E-state index contributed by atoms with van der Waals surface area (Å²) in [6, 6.07) is 4.01. The largest absolute Gasteiger partial charge is 0.453 e. The van der Waals surface area contributed by atoms with Crippen molar-refractivity contribution in [2.75, 3.05) is 20.2 Å². The van der Waals surface area contributed by atoms with Crippen molar-refractivity contribution in [2.24, 2.45) is 7.05 Å². The Labute approximate surface area is 134 Å². The van der Waals surface area contributed by atoms with Gasteiger partial charge in [0.25, 0.3) is 0 Å². The van der Waals surface area contributed by atoms with Crippen molar-refractivity contribution in [1.29, 1.82) is 0 Å². The summed E-state index contributed by atoms with van der Waals surface area (Å²) in [5, 5.41) is 9.58. The molecule has 0 aromatic carbocycles. The van der Waals surface area contributed by atoms with Crippen molar-refractivity contribution in [2.45, 2.75) is 42.2 Å². The molecule has 0 spiro atoms. The molecule has 22 heavy (non-hydrogen) atoms. The molecule has 0 aliphatic carbocycles. The van der Waals surface area contributed by atoms with Crippen molar-refractivity contribution in [1.82, 2.24) is 19.7 Å². The van der Waals surface area contributed by atoms with Gasteiger partial charge in [-0.05, 0) is 50.2 Å². The van der Waals surface area contributed by atoms with E-state index in [-0.39, 0.29) is 0 Å². The van der Waals surface area contributed by atoms with Crippen LogP contribution in [-0.4, -0.2) is 46.0 Å². The van der Waals surface area contributed by atoms with Crippen LogP contribution in [0, 0.1) is 0 Å². The van der Waals surface area contributed by atoms with Crippen LogP contribution in [0.2, 0.25) is 0 Å². The molecule has 1 fully saturated rings. The Morgan fingerprint density at radius 1 is 1.41 bits per heavy atom. The summed E-state index contributed by atoms with van der Waals surface area (Å²) in [5.41, 5.74) is 0. The second-order valence-corrected chi connectivity index (χ2v) is 6.70. The number of aryl methyl sites for hydroxylation is 1. The van der Waals surface area contributed by atoms with E-state index in [2.05, 4.69) is 22.1 Å². The summed E-state index contributed by atoms with van der Waals surface area (Å²) in [7, 11) is 4.03. The van der Waals surface area contributed by atoms with Gasteiger partial charge in [-0.25, -0.2) is 0 Å².